The van der Waals surface area contributed by atoms with E-state index < -0.39 is 29.6 Å². The second kappa shape index (κ2) is 10.3. The molecule has 40 heavy (non-hydrogen) atoms. The predicted octanol–water partition coefficient (Wildman–Crippen LogP) is 5.37. The Bertz CT molecular complexity index is 1460. The summed E-state index contributed by atoms with van der Waals surface area (Å²) in [5, 5.41) is 19.0. The van der Waals surface area contributed by atoms with Gasteiger partial charge < -0.3 is 19.7 Å². The van der Waals surface area contributed by atoms with Gasteiger partial charge in [-0.2, -0.15) is 0 Å². The van der Waals surface area contributed by atoms with Crippen LogP contribution in [0.4, 0.5) is 17.6 Å². The molecule has 4 atom stereocenters. The maximum Gasteiger partial charge on any atom is 0.307 e. The molecule has 1 saturated carbocycles. The maximum absolute atomic E-state index is 14.9. The average molecular weight is 561 g/mol. The number of pyridine rings is 2. The van der Waals surface area contributed by atoms with Crippen LogP contribution in [-0.2, 0) is 17.8 Å². The molecule has 2 aliphatic rings. The first kappa shape index (κ1) is 27.8. The standard InChI is InChI=1S/C29H28F4N2O5/c1-13-6-23(39-5-4-29(3,38)28(32)33)35-14(2)24(13)17-8-16(20(30)10-21(17)31)12-40-22-9-15-7-18-25(19(15)11-34-22)26(18)27(36)37/h6,8-11,18,25-26,28,38H,4-5,7,12H2,1-3H3,(H,36,37)/t18-,25+,26+,29?/m1/s1. The molecule has 0 saturated heterocycles. The molecule has 2 heterocycles. The third kappa shape index (κ3) is 5.22. The quantitative estimate of drug-likeness (QED) is 0.322. The number of aryl methyl sites for hydroxylation is 2. The minimum Gasteiger partial charge on any atom is -0.481 e. The number of carboxylic acid groups (broad SMARTS) is 1. The smallest absolute Gasteiger partial charge is 0.307 e. The fourth-order valence-electron chi connectivity index (χ4n) is 5.48. The molecule has 1 aromatic carbocycles. The van der Waals surface area contributed by atoms with Gasteiger partial charge in [0.15, 0.2) is 0 Å². The lowest BCUT2D eigenvalue weighted by molar-refractivity contribution is -0.139. The van der Waals surface area contributed by atoms with Crippen molar-refractivity contribution >= 4 is 5.97 Å². The first-order valence-corrected chi connectivity index (χ1v) is 12.8. The Kier molecular flexibility index (Phi) is 7.20. The lowest BCUT2D eigenvalue weighted by Gasteiger charge is -2.22. The molecule has 5 rings (SSSR count). The number of ether oxygens (including phenoxy) is 2. The Morgan fingerprint density at radius 3 is 2.55 bits per heavy atom. The van der Waals surface area contributed by atoms with E-state index in [1.165, 1.54) is 12.1 Å². The number of carboxylic acids is 1. The van der Waals surface area contributed by atoms with Crippen LogP contribution in [0.15, 0.2) is 30.5 Å². The van der Waals surface area contributed by atoms with Crippen LogP contribution in [0.25, 0.3) is 11.1 Å². The summed E-state index contributed by atoms with van der Waals surface area (Å²) in [5.41, 5.74) is 1.26. The number of aliphatic carboxylic acids is 1. The summed E-state index contributed by atoms with van der Waals surface area (Å²) >= 11 is 0. The van der Waals surface area contributed by atoms with Gasteiger partial charge in [-0.25, -0.2) is 27.5 Å². The number of nitrogens with zero attached hydrogens (tertiary/aromatic N) is 2. The average Bonchev–Trinajstić information content (AvgIpc) is 3.46. The minimum atomic E-state index is -2.93. The molecule has 0 aliphatic heterocycles. The van der Waals surface area contributed by atoms with Crippen molar-refractivity contribution < 1.29 is 42.0 Å². The number of aromatic nitrogens is 2. The van der Waals surface area contributed by atoms with Gasteiger partial charge in [0, 0.05) is 59.1 Å². The molecule has 212 valence electrons. The first-order valence-electron chi connectivity index (χ1n) is 12.8. The Balaban J connectivity index is 1.30. The van der Waals surface area contributed by atoms with Crippen molar-refractivity contribution in [3.8, 4) is 22.9 Å². The van der Waals surface area contributed by atoms with E-state index in [0.717, 1.165) is 24.1 Å². The van der Waals surface area contributed by atoms with Crippen molar-refractivity contribution in [2.24, 2.45) is 11.8 Å². The number of rotatable bonds is 10. The number of fused-ring (bicyclic) bond motifs is 3. The van der Waals surface area contributed by atoms with E-state index in [2.05, 4.69) is 9.97 Å². The van der Waals surface area contributed by atoms with E-state index in [-0.39, 0.29) is 60.3 Å². The summed E-state index contributed by atoms with van der Waals surface area (Å²) in [6.45, 7) is 3.92. The number of hydrogen-bond donors (Lipinski definition) is 2. The highest BCUT2D eigenvalue weighted by molar-refractivity contribution is 5.77. The van der Waals surface area contributed by atoms with Crippen molar-refractivity contribution in [2.75, 3.05) is 6.61 Å². The molecule has 2 N–H and O–H groups in total. The van der Waals surface area contributed by atoms with Gasteiger partial charge in [0.25, 0.3) is 6.43 Å². The summed E-state index contributed by atoms with van der Waals surface area (Å²) in [7, 11) is 0. The lowest BCUT2D eigenvalue weighted by Crippen LogP contribution is -2.35. The molecule has 0 spiro atoms. The van der Waals surface area contributed by atoms with Crippen LogP contribution in [0, 0.1) is 37.3 Å². The van der Waals surface area contributed by atoms with Crippen LogP contribution < -0.4 is 9.47 Å². The number of carbonyl (C=O) groups is 1. The first-order chi connectivity index (χ1) is 18.9. The highest BCUT2D eigenvalue weighted by Crippen LogP contribution is 2.61. The van der Waals surface area contributed by atoms with Crippen LogP contribution in [0.5, 0.6) is 11.8 Å². The maximum atomic E-state index is 14.9. The SMILES string of the molecule is Cc1cc(OCCC(C)(O)C(F)F)nc(C)c1-c1cc(COc2cc3c(cn2)[C@@H]2[C@@H](C3)[C@@H]2C(=O)O)c(F)cc1F. The molecule has 1 fully saturated rings. The molecule has 0 bridgehead atoms. The van der Waals surface area contributed by atoms with E-state index >= 15 is 0 Å². The summed E-state index contributed by atoms with van der Waals surface area (Å²) in [4.78, 5) is 19.9. The van der Waals surface area contributed by atoms with Crippen LogP contribution in [0.3, 0.4) is 0 Å². The molecule has 2 aromatic heterocycles. The zero-order valence-electron chi connectivity index (χ0n) is 22.1. The number of halogens is 4. The van der Waals surface area contributed by atoms with Gasteiger partial charge in [-0.1, -0.05) is 0 Å². The molecule has 0 amide bonds. The lowest BCUT2D eigenvalue weighted by atomic mass is 9.97. The van der Waals surface area contributed by atoms with E-state index in [1.807, 2.05) is 0 Å². The van der Waals surface area contributed by atoms with E-state index in [9.17, 15) is 32.6 Å². The Labute approximate surface area is 227 Å². The van der Waals surface area contributed by atoms with Crippen molar-refractivity contribution in [1.29, 1.82) is 0 Å². The summed E-state index contributed by atoms with van der Waals surface area (Å²) in [5.74, 6) is -2.30. The van der Waals surface area contributed by atoms with Crippen molar-refractivity contribution in [2.45, 2.75) is 58.2 Å². The molecule has 2 aliphatic carbocycles. The fraction of sp³-hybridized carbons (Fsp3) is 0.414. The number of benzene rings is 1. The van der Waals surface area contributed by atoms with Crippen LogP contribution in [-0.4, -0.2) is 44.8 Å². The van der Waals surface area contributed by atoms with Crippen molar-refractivity contribution in [3.63, 3.8) is 0 Å². The van der Waals surface area contributed by atoms with Gasteiger partial charge in [-0.3, -0.25) is 4.79 Å². The van der Waals surface area contributed by atoms with Gasteiger partial charge in [-0.05, 0) is 55.9 Å². The molecule has 11 heteroatoms. The zero-order valence-corrected chi connectivity index (χ0v) is 22.1. The molecule has 3 aromatic rings. The van der Waals surface area contributed by atoms with E-state index in [1.54, 1.807) is 26.1 Å². The second-order valence-electron chi connectivity index (χ2n) is 10.7. The van der Waals surface area contributed by atoms with Gasteiger partial charge in [0.2, 0.25) is 11.8 Å². The summed E-state index contributed by atoms with van der Waals surface area (Å²) in [6.07, 6.45) is -1.00. The van der Waals surface area contributed by atoms with Gasteiger partial charge in [0.1, 0.15) is 23.8 Å². The number of alkyl halides is 2. The number of aliphatic hydroxyl groups is 1. The summed E-state index contributed by atoms with van der Waals surface area (Å²) < 4.78 is 66.5. The third-order valence-corrected chi connectivity index (χ3v) is 7.75. The van der Waals surface area contributed by atoms with Gasteiger partial charge in [-0.15, -0.1) is 0 Å². The molecule has 7 nitrogen and oxygen atoms in total. The molecular formula is C29H28F4N2O5. The number of hydrogen-bond acceptors (Lipinski definition) is 6. The van der Waals surface area contributed by atoms with Crippen molar-refractivity contribution in [1.82, 2.24) is 9.97 Å². The van der Waals surface area contributed by atoms with E-state index in [4.69, 9.17) is 9.47 Å². The summed E-state index contributed by atoms with van der Waals surface area (Å²) in [6, 6.07) is 5.38. The monoisotopic (exact) mass is 560 g/mol. The Hall–Kier alpha value is -3.73. The Morgan fingerprint density at radius 1 is 1.12 bits per heavy atom. The second-order valence-corrected chi connectivity index (χ2v) is 10.7. The Morgan fingerprint density at radius 2 is 1.88 bits per heavy atom. The van der Waals surface area contributed by atoms with Gasteiger partial charge in [0.05, 0.1) is 12.5 Å². The normalized spacial score (nSPS) is 20.6. The van der Waals surface area contributed by atoms with Crippen LogP contribution >= 0.6 is 0 Å². The van der Waals surface area contributed by atoms with E-state index in [0.29, 0.717) is 23.2 Å². The minimum absolute atomic E-state index is 0.0180. The highest BCUT2D eigenvalue weighted by atomic mass is 19.3. The predicted molar refractivity (Wildman–Crippen MR) is 135 cm³/mol. The molecular weight excluding hydrogens is 532 g/mol. The fourth-order valence-corrected chi connectivity index (χ4v) is 5.48. The van der Waals surface area contributed by atoms with Gasteiger partial charge >= 0.3 is 5.97 Å². The zero-order chi connectivity index (χ0) is 28.9. The van der Waals surface area contributed by atoms with Crippen LogP contribution in [0.1, 0.15) is 47.2 Å². The van der Waals surface area contributed by atoms with Crippen LogP contribution in [0.2, 0.25) is 0 Å². The third-order valence-electron chi connectivity index (χ3n) is 7.75. The largest absolute Gasteiger partial charge is 0.481 e. The molecule has 0 radical (unpaired) electrons. The highest BCUT2D eigenvalue weighted by Gasteiger charge is 2.59. The molecule has 1 unspecified atom stereocenters. The van der Waals surface area contributed by atoms with Crippen molar-refractivity contribution in [3.05, 3.63) is 70.0 Å². The topological polar surface area (TPSA) is 102 Å².